The minimum absolute atomic E-state index is 0.0466. The van der Waals surface area contributed by atoms with Crippen molar-refractivity contribution in [3.63, 3.8) is 0 Å². The Morgan fingerprint density at radius 2 is 0.857 bits per heavy atom. The Kier molecular flexibility index (Phi) is 33.2. The van der Waals surface area contributed by atoms with Crippen molar-refractivity contribution < 1.29 is 24.1 Å². The topological polar surface area (TPSA) is 77.4 Å². The average Bonchev–Trinajstić information content (AvgIpc) is 3.06. The molecule has 0 amide bonds. The highest BCUT2D eigenvalue weighted by atomic mass is 31.1. The second-order valence-electron chi connectivity index (χ2n) is 15.6. The van der Waals surface area contributed by atoms with Gasteiger partial charge in [0.05, 0.1) is 28.9 Å². The summed E-state index contributed by atoms with van der Waals surface area (Å²) in [6, 6.07) is 0. The molecule has 1 atom stereocenters. The number of likely N-dealkylation sites (N-methyl/N-ethyl adjacent to an activating group) is 1. The summed E-state index contributed by atoms with van der Waals surface area (Å²) in [6.07, 6.45) is 41.2. The van der Waals surface area contributed by atoms with E-state index >= 15 is 0 Å². The molecule has 0 saturated heterocycles. The predicted octanol–water partition coefficient (Wildman–Crippen LogP) is 11.8. The number of Topliss-reactive ketones (excluding diaryl/α,β-unsaturated/α-hetero) is 2. The number of carbonyl (C=O) groups excluding carboxylic acids is 2. The van der Waals surface area contributed by atoms with Gasteiger partial charge in [-0.25, -0.2) is 0 Å². The lowest BCUT2D eigenvalue weighted by Gasteiger charge is -2.22. The highest BCUT2D eigenvalue weighted by Gasteiger charge is 2.30. The van der Waals surface area contributed by atoms with Crippen LogP contribution in [0.25, 0.3) is 0 Å². The molecule has 0 radical (unpaired) electrons. The Bertz CT molecular complexity index is 837. The van der Waals surface area contributed by atoms with Crippen LogP contribution in [0.5, 0.6) is 0 Å². The van der Waals surface area contributed by atoms with Gasteiger partial charge in [0.2, 0.25) is 0 Å². The molecule has 0 aromatic heterocycles. The fraction of sp³-hybridized carbons (Fsp3) is 0.837. The Morgan fingerprint density at radius 3 is 1.18 bits per heavy atom. The van der Waals surface area contributed by atoms with Gasteiger partial charge in [-0.05, 0) is 64.2 Å². The zero-order chi connectivity index (χ0) is 36.4. The third-order valence-electron chi connectivity index (χ3n) is 9.40. The van der Waals surface area contributed by atoms with Gasteiger partial charge in [0, 0.05) is 12.8 Å². The van der Waals surface area contributed by atoms with Crippen molar-refractivity contribution in [2.24, 2.45) is 5.92 Å². The average molecular weight is 707 g/mol. The molecular weight excluding hydrogens is 625 g/mol. The SMILES string of the molecule is CCCCCCCC/C=C\CCCCCCCC(=O)C(C/[P+]([O-])=C(\O)C[N+](C)(C)C)C(=O)CCCCCCC/C=C\CCCCCCCC. The number of rotatable bonds is 36. The van der Waals surface area contributed by atoms with Crippen molar-refractivity contribution in [3.8, 4) is 0 Å². The smallest absolute Gasteiger partial charge is 0.273 e. The standard InChI is InChI=1S/C43H80NO4P/c1-6-8-10-12-14-16-18-20-22-24-26-28-30-32-34-36-41(45)40(39-49(48)43(47)38-44(3,4)5)42(46)37-35-33-31-29-27-25-23-21-19-17-15-13-11-9-7-2/h20-23,40H,6-19,24-39H2,1-5H3/p+1/b22-20-,23-21-. The lowest BCUT2D eigenvalue weighted by Crippen LogP contribution is -2.40. The zero-order valence-corrected chi connectivity index (χ0v) is 34.1. The van der Waals surface area contributed by atoms with E-state index in [0.717, 1.165) is 64.2 Å². The van der Waals surface area contributed by atoms with E-state index < -0.39 is 13.7 Å². The van der Waals surface area contributed by atoms with Crippen LogP contribution in [-0.4, -0.2) is 60.5 Å². The lowest BCUT2D eigenvalue weighted by molar-refractivity contribution is -0.861. The van der Waals surface area contributed by atoms with Crippen molar-refractivity contribution in [3.05, 3.63) is 24.3 Å². The highest BCUT2D eigenvalue weighted by molar-refractivity contribution is 7.51. The Labute approximate surface area is 305 Å². The second kappa shape index (κ2) is 34.0. The van der Waals surface area contributed by atoms with Gasteiger partial charge in [0.1, 0.15) is 23.6 Å². The van der Waals surface area contributed by atoms with Gasteiger partial charge < -0.3 is 14.5 Å². The van der Waals surface area contributed by atoms with Gasteiger partial charge in [-0.3, -0.25) is 9.59 Å². The second-order valence-corrected chi connectivity index (χ2v) is 17.2. The maximum atomic E-state index is 13.3. The molecule has 0 bridgehead atoms. The molecule has 0 aliphatic rings. The molecule has 0 heterocycles. The summed E-state index contributed by atoms with van der Waals surface area (Å²) in [5.74, 6) is -1.03. The summed E-state index contributed by atoms with van der Waals surface area (Å²) in [5, 5.41) is 10.5. The molecule has 0 saturated carbocycles. The van der Waals surface area contributed by atoms with E-state index in [1.54, 1.807) is 0 Å². The van der Waals surface area contributed by atoms with E-state index in [0.29, 0.717) is 17.3 Å². The van der Waals surface area contributed by atoms with Crippen LogP contribution in [0.1, 0.15) is 194 Å². The summed E-state index contributed by atoms with van der Waals surface area (Å²) < 4.78 is 0.448. The van der Waals surface area contributed by atoms with E-state index in [1.807, 2.05) is 21.1 Å². The molecule has 49 heavy (non-hydrogen) atoms. The lowest BCUT2D eigenvalue weighted by atomic mass is 9.93. The van der Waals surface area contributed by atoms with E-state index in [9.17, 15) is 19.6 Å². The molecule has 6 heteroatoms. The minimum atomic E-state index is -2.14. The molecule has 286 valence electrons. The summed E-state index contributed by atoms with van der Waals surface area (Å²) in [6.45, 7) is 4.77. The Hall–Kier alpha value is -1.13. The number of allylic oxidation sites excluding steroid dienone is 4. The van der Waals surface area contributed by atoms with Crippen molar-refractivity contribution >= 4 is 24.8 Å². The fourth-order valence-corrected chi connectivity index (χ4v) is 7.78. The number of aliphatic hydroxyl groups excluding tert-OH is 1. The number of ketones is 2. The number of nitrogens with zero attached hydrogens (tertiary/aromatic N) is 1. The molecule has 0 aliphatic heterocycles. The predicted molar refractivity (Wildman–Crippen MR) is 214 cm³/mol. The molecule has 0 aromatic carbocycles. The maximum Gasteiger partial charge on any atom is 0.273 e. The van der Waals surface area contributed by atoms with Crippen LogP contribution in [0.15, 0.2) is 24.3 Å². The third kappa shape index (κ3) is 32.5. The van der Waals surface area contributed by atoms with Gasteiger partial charge in [0.25, 0.3) is 5.48 Å². The van der Waals surface area contributed by atoms with Gasteiger partial charge in [0.15, 0.2) is 6.54 Å². The summed E-state index contributed by atoms with van der Waals surface area (Å²) in [4.78, 5) is 39.5. The first-order valence-corrected chi connectivity index (χ1v) is 22.2. The largest absolute Gasteiger partial charge is 0.628 e. The van der Waals surface area contributed by atoms with E-state index in [-0.39, 0.29) is 29.8 Å². The maximum absolute atomic E-state index is 13.3. The first kappa shape index (κ1) is 47.9. The molecule has 0 spiro atoms. The molecule has 0 aromatic rings. The zero-order valence-electron chi connectivity index (χ0n) is 33.2. The number of unbranched alkanes of at least 4 members (excludes halogenated alkanes) is 22. The number of hydrogen-bond donors (Lipinski definition) is 1. The monoisotopic (exact) mass is 707 g/mol. The van der Waals surface area contributed by atoms with Crippen LogP contribution < -0.4 is 4.89 Å². The molecule has 1 N–H and O–H groups in total. The fourth-order valence-electron chi connectivity index (χ4n) is 6.25. The van der Waals surface area contributed by atoms with Crippen molar-refractivity contribution in [2.75, 3.05) is 33.8 Å². The first-order chi connectivity index (χ1) is 23.6. The normalized spacial score (nSPS) is 12.9. The van der Waals surface area contributed by atoms with Gasteiger partial charge in [-0.15, -0.1) is 0 Å². The summed E-state index contributed by atoms with van der Waals surface area (Å²) in [5.41, 5.74) is -0.0878. The van der Waals surface area contributed by atoms with Crippen LogP contribution in [0.4, 0.5) is 0 Å². The van der Waals surface area contributed by atoms with Crippen molar-refractivity contribution in [1.82, 2.24) is 0 Å². The van der Waals surface area contributed by atoms with Crippen LogP contribution in [-0.2, 0) is 9.59 Å². The van der Waals surface area contributed by atoms with Gasteiger partial charge in [-0.1, -0.05) is 141 Å². The van der Waals surface area contributed by atoms with Gasteiger partial charge in [-0.2, -0.15) is 0 Å². The molecule has 0 rings (SSSR count). The number of carbonyl (C=O) groups is 2. The summed E-state index contributed by atoms with van der Waals surface area (Å²) >= 11 is 0. The van der Waals surface area contributed by atoms with Crippen LogP contribution >= 0.6 is 7.77 Å². The van der Waals surface area contributed by atoms with Crippen LogP contribution in [0.3, 0.4) is 0 Å². The quantitative estimate of drug-likeness (QED) is 0.0231. The molecule has 1 unspecified atom stereocenters. The molecule has 5 nitrogen and oxygen atoms in total. The van der Waals surface area contributed by atoms with Crippen molar-refractivity contribution in [1.29, 1.82) is 0 Å². The van der Waals surface area contributed by atoms with Crippen molar-refractivity contribution in [2.45, 2.75) is 194 Å². The molecule has 0 aliphatic carbocycles. The van der Waals surface area contributed by atoms with E-state index in [4.69, 9.17) is 0 Å². The van der Waals surface area contributed by atoms with Gasteiger partial charge >= 0.3 is 0 Å². The molecule has 0 fully saturated rings. The Balaban J connectivity index is 4.44. The van der Waals surface area contributed by atoms with Crippen LogP contribution in [0.2, 0.25) is 0 Å². The molecular formula is C43H81NO4P+. The number of aliphatic hydroxyl groups is 1. The number of hydrogen-bond acceptors (Lipinski definition) is 3. The third-order valence-corrected chi connectivity index (χ3v) is 10.8. The highest BCUT2D eigenvalue weighted by Crippen LogP contribution is 2.24. The minimum Gasteiger partial charge on any atom is -0.628 e. The summed E-state index contributed by atoms with van der Waals surface area (Å²) in [7, 11) is 3.63. The number of quaternary nitrogens is 1. The van der Waals surface area contributed by atoms with Crippen LogP contribution in [0, 0.1) is 5.92 Å². The van der Waals surface area contributed by atoms with E-state index in [2.05, 4.69) is 38.2 Å². The van der Waals surface area contributed by atoms with E-state index in [1.165, 1.54) is 103 Å². The first-order valence-electron chi connectivity index (χ1n) is 20.8. The Morgan fingerprint density at radius 1 is 0.551 bits per heavy atom.